The minimum absolute atomic E-state index is 0. The predicted octanol–water partition coefficient (Wildman–Crippen LogP) is 3.49. The molecule has 0 heteroatoms. The highest BCUT2D eigenvalue weighted by molar-refractivity contribution is 4.84. The third-order valence-corrected chi connectivity index (χ3v) is 1.55. The molecule has 0 fully saturated rings. The van der Waals surface area contributed by atoms with Crippen LogP contribution in [0.2, 0.25) is 0 Å². The molecule has 0 aromatic carbocycles. The largest absolute Gasteiger partial charge is 0.0914 e. The topological polar surface area (TPSA) is 0 Å². The molecular formula is C9H20. The summed E-state index contributed by atoms with van der Waals surface area (Å²) in [5.41, 5.74) is 0. The summed E-state index contributed by atoms with van der Waals surface area (Å²) >= 11 is 0. The fraction of sp³-hybridized carbons (Fsp3) is 0.778. The van der Waals surface area contributed by atoms with Gasteiger partial charge >= 0.3 is 0 Å². The molecule has 56 valence electrons. The van der Waals surface area contributed by atoms with Gasteiger partial charge in [-0.25, -0.2) is 0 Å². The van der Waals surface area contributed by atoms with Gasteiger partial charge in [-0.05, 0) is 18.8 Å². The Labute approximate surface area is 60.0 Å². The summed E-state index contributed by atoms with van der Waals surface area (Å²) in [7, 11) is 0. The molecule has 0 spiro atoms. The maximum atomic E-state index is 2.24. The van der Waals surface area contributed by atoms with Crippen molar-refractivity contribution >= 4 is 0 Å². The Bertz CT molecular complexity index is 70.1. The van der Waals surface area contributed by atoms with Crippen molar-refractivity contribution in [2.24, 2.45) is 11.8 Å². The van der Waals surface area contributed by atoms with E-state index in [-0.39, 0.29) is 7.43 Å². The summed E-state index contributed by atoms with van der Waals surface area (Å²) in [6.45, 7) is 8.79. The lowest BCUT2D eigenvalue weighted by molar-refractivity contribution is 0.504. The van der Waals surface area contributed by atoms with E-state index in [1.807, 2.05) is 0 Å². The highest BCUT2D eigenvalue weighted by atomic mass is 14.0. The number of hydrogen-bond donors (Lipinski definition) is 0. The van der Waals surface area contributed by atoms with Gasteiger partial charge < -0.3 is 0 Å². The van der Waals surface area contributed by atoms with Gasteiger partial charge in [0.25, 0.3) is 0 Å². The predicted molar refractivity (Wildman–Crippen MR) is 45.5 cm³/mol. The lowest BCUT2D eigenvalue weighted by Gasteiger charge is -2.08. The molecule has 9 heavy (non-hydrogen) atoms. The van der Waals surface area contributed by atoms with Crippen LogP contribution in [0.5, 0.6) is 0 Å². The second-order valence-corrected chi connectivity index (χ2v) is 2.63. The Morgan fingerprint density at radius 3 is 1.67 bits per heavy atom. The van der Waals surface area contributed by atoms with Crippen LogP contribution < -0.4 is 0 Å². The van der Waals surface area contributed by atoms with Crippen molar-refractivity contribution in [3.63, 3.8) is 0 Å². The fourth-order valence-electron chi connectivity index (χ4n) is 0.526. The van der Waals surface area contributed by atoms with E-state index in [1.165, 1.54) is 0 Å². The normalized spacial score (nSPS) is 13.9. The van der Waals surface area contributed by atoms with Gasteiger partial charge in [0.15, 0.2) is 0 Å². The van der Waals surface area contributed by atoms with E-state index in [0.717, 1.165) is 11.8 Å². The van der Waals surface area contributed by atoms with E-state index >= 15 is 0 Å². The summed E-state index contributed by atoms with van der Waals surface area (Å²) in [5.74, 6) is 1.52. The molecule has 0 rings (SSSR count). The Morgan fingerprint density at radius 2 is 1.56 bits per heavy atom. The first-order valence-corrected chi connectivity index (χ1v) is 3.31. The Kier molecular flexibility index (Phi) is 7.52. The van der Waals surface area contributed by atoms with Gasteiger partial charge in [-0.15, -0.1) is 0 Å². The quantitative estimate of drug-likeness (QED) is 0.499. The van der Waals surface area contributed by atoms with Crippen LogP contribution in [0.4, 0.5) is 0 Å². The monoisotopic (exact) mass is 128 g/mol. The van der Waals surface area contributed by atoms with Crippen LogP contribution in [-0.2, 0) is 0 Å². The van der Waals surface area contributed by atoms with Gasteiger partial charge in [-0.1, -0.05) is 40.3 Å². The molecule has 1 unspecified atom stereocenters. The van der Waals surface area contributed by atoms with Crippen molar-refractivity contribution in [1.82, 2.24) is 0 Å². The second kappa shape index (κ2) is 5.87. The number of rotatable bonds is 2. The molecule has 0 aromatic rings. The molecule has 0 N–H and O–H groups in total. The lowest BCUT2D eigenvalue weighted by Crippen LogP contribution is -1.98. The zero-order valence-corrected chi connectivity index (χ0v) is 6.31. The summed E-state index contributed by atoms with van der Waals surface area (Å²) in [4.78, 5) is 0. The molecule has 0 saturated heterocycles. The van der Waals surface area contributed by atoms with Crippen LogP contribution in [0.3, 0.4) is 0 Å². The van der Waals surface area contributed by atoms with Crippen molar-refractivity contribution < 1.29 is 0 Å². The molecule has 0 aromatic heterocycles. The average molecular weight is 128 g/mol. The zero-order valence-electron chi connectivity index (χ0n) is 6.31. The van der Waals surface area contributed by atoms with Crippen molar-refractivity contribution in [1.29, 1.82) is 0 Å². The maximum Gasteiger partial charge on any atom is -0.0239 e. The van der Waals surface area contributed by atoms with Gasteiger partial charge in [0.2, 0.25) is 0 Å². The van der Waals surface area contributed by atoms with Crippen molar-refractivity contribution in [2.75, 3.05) is 0 Å². The highest BCUT2D eigenvalue weighted by Gasteiger charge is 1.99. The molecule has 0 radical (unpaired) electrons. The van der Waals surface area contributed by atoms with E-state index in [1.54, 1.807) is 0 Å². The number of allylic oxidation sites excluding steroid dienone is 2. The van der Waals surface area contributed by atoms with Crippen molar-refractivity contribution in [2.45, 2.75) is 35.1 Å². The first-order valence-electron chi connectivity index (χ1n) is 3.31. The molecule has 0 amide bonds. The SMILES string of the molecule is C.C/C=C/C(C)C(C)C. The molecular weight excluding hydrogens is 108 g/mol. The Hall–Kier alpha value is -0.260. The van der Waals surface area contributed by atoms with Crippen molar-refractivity contribution in [3.05, 3.63) is 12.2 Å². The molecule has 1 atom stereocenters. The highest BCUT2D eigenvalue weighted by Crippen LogP contribution is 2.09. The Balaban J connectivity index is 0. The fourth-order valence-corrected chi connectivity index (χ4v) is 0.526. The minimum Gasteiger partial charge on any atom is -0.0914 e. The van der Waals surface area contributed by atoms with E-state index in [4.69, 9.17) is 0 Å². The average Bonchev–Trinajstić information content (AvgIpc) is 1.67. The van der Waals surface area contributed by atoms with E-state index in [0.29, 0.717) is 0 Å². The van der Waals surface area contributed by atoms with Crippen LogP contribution >= 0.6 is 0 Å². The van der Waals surface area contributed by atoms with Gasteiger partial charge in [-0.3, -0.25) is 0 Å². The Morgan fingerprint density at radius 1 is 1.11 bits per heavy atom. The minimum atomic E-state index is 0. The van der Waals surface area contributed by atoms with Gasteiger partial charge in [0.1, 0.15) is 0 Å². The van der Waals surface area contributed by atoms with Crippen LogP contribution in [-0.4, -0.2) is 0 Å². The third kappa shape index (κ3) is 5.61. The molecule has 0 aliphatic rings. The second-order valence-electron chi connectivity index (χ2n) is 2.63. The molecule has 0 aliphatic carbocycles. The molecule has 0 nitrogen and oxygen atoms in total. The van der Waals surface area contributed by atoms with E-state index in [9.17, 15) is 0 Å². The maximum absolute atomic E-state index is 2.24. The molecule has 0 heterocycles. The van der Waals surface area contributed by atoms with Crippen LogP contribution in [0.25, 0.3) is 0 Å². The third-order valence-electron chi connectivity index (χ3n) is 1.55. The van der Waals surface area contributed by atoms with Gasteiger partial charge in [0.05, 0.1) is 0 Å². The van der Waals surface area contributed by atoms with E-state index in [2.05, 4.69) is 39.8 Å². The van der Waals surface area contributed by atoms with Crippen LogP contribution in [0.15, 0.2) is 12.2 Å². The smallest absolute Gasteiger partial charge is 0.0239 e. The standard InChI is InChI=1S/C8H16.CH4/c1-5-6-8(4)7(2)3;/h5-8H,1-4H3;1H4/b6-5+;. The summed E-state index contributed by atoms with van der Waals surface area (Å²) in [6.07, 6.45) is 4.36. The first-order chi connectivity index (χ1) is 3.68. The molecule has 0 saturated carbocycles. The van der Waals surface area contributed by atoms with E-state index < -0.39 is 0 Å². The molecule has 0 bridgehead atoms. The zero-order chi connectivity index (χ0) is 6.57. The van der Waals surface area contributed by atoms with Gasteiger partial charge in [-0.2, -0.15) is 0 Å². The van der Waals surface area contributed by atoms with Crippen LogP contribution in [0, 0.1) is 11.8 Å². The molecule has 0 aliphatic heterocycles. The summed E-state index contributed by atoms with van der Waals surface area (Å²) in [5, 5.41) is 0. The number of hydrogen-bond acceptors (Lipinski definition) is 0. The lowest BCUT2D eigenvalue weighted by atomic mass is 9.98. The van der Waals surface area contributed by atoms with Crippen molar-refractivity contribution in [3.8, 4) is 0 Å². The van der Waals surface area contributed by atoms with Crippen LogP contribution in [0.1, 0.15) is 35.1 Å². The summed E-state index contributed by atoms with van der Waals surface area (Å²) in [6, 6.07) is 0. The van der Waals surface area contributed by atoms with Gasteiger partial charge in [0, 0.05) is 0 Å². The first kappa shape index (κ1) is 11.5. The summed E-state index contributed by atoms with van der Waals surface area (Å²) < 4.78 is 0.